The summed E-state index contributed by atoms with van der Waals surface area (Å²) in [6.07, 6.45) is 0.609. The molecule has 0 aliphatic heterocycles. The number of carbonyl (C=O) groups is 1. The minimum Gasteiger partial charge on any atom is -0.481 e. The molecule has 0 unspecified atom stereocenters. The molecule has 3 nitrogen and oxygen atoms in total. The van der Waals surface area contributed by atoms with E-state index in [2.05, 4.69) is 18.8 Å². The third-order valence-corrected chi connectivity index (χ3v) is 3.31. The van der Waals surface area contributed by atoms with Gasteiger partial charge in [-0.05, 0) is 42.2 Å². The molecule has 1 heterocycles. The molecule has 0 fully saturated rings. The van der Waals surface area contributed by atoms with Gasteiger partial charge in [0.1, 0.15) is 0 Å². The average Bonchev–Trinajstić information content (AvgIpc) is 2.35. The van der Waals surface area contributed by atoms with E-state index in [-0.39, 0.29) is 6.42 Å². The lowest BCUT2D eigenvalue weighted by atomic mass is 10.00. The number of aliphatic carboxylic acids is 1. The standard InChI is InChI=1S/C15H16ClNO2/c1-9(2)14-7-10(3-6-15(18)19)12-8-11(16)4-5-13(12)17-14/h4-5,7-9H,3,6H2,1-2H3,(H,18,19). The molecule has 2 aromatic rings. The molecule has 1 aromatic carbocycles. The van der Waals surface area contributed by atoms with Crippen LogP contribution in [0, 0.1) is 0 Å². The number of fused-ring (bicyclic) bond motifs is 1. The van der Waals surface area contributed by atoms with Gasteiger partial charge in [-0.1, -0.05) is 25.4 Å². The first kappa shape index (κ1) is 13.8. The van der Waals surface area contributed by atoms with E-state index in [4.69, 9.17) is 16.7 Å². The zero-order chi connectivity index (χ0) is 14.0. The lowest BCUT2D eigenvalue weighted by Crippen LogP contribution is -2.01. The largest absolute Gasteiger partial charge is 0.481 e. The molecule has 0 atom stereocenters. The number of halogens is 1. The summed E-state index contributed by atoms with van der Waals surface area (Å²) in [5.74, 6) is -0.484. The molecule has 0 saturated heterocycles. The van der Waals surface area contributed by atoms with Crippen LogP contribution in [0.2, 0.25) is 5.02 Å². The van der Waals surface area contributed by atoms with Crippen molar-refractivity contribution in [2.45, 2.75) is 32.6 Å². The van der Waals surface area contributed by atoms with Crippen LogP contribution in [0.3, 0.4) is 0 Å². The molecular weight excluding hydrogens is 262 g/mol. The van der Waals surface area contributed by atoms with E-state index in [0.29, 0.717) is 17.4 Å². The molecule has 0 bridgehead atoms. The SMILES string of the molecule is CC(C)c1cc(CCC(=O)O)c2cc(Cl)ccc2n1. The first-order valence-corrected chi connectivity index (χ1v) is 6.66. The van der Waals surface area contributed by atoms with Gasteiger partial charge >= 0.3 is 5.97 Å². The number of carboxylic acids is 1. The molecule has 100 valence electrons. The molecule has 4 heteroatoms. The topological polar surface area (TPSA) is 50.2 Å². The highest BCUT2D eigenvalue weighted by atomic mass is 35.5. The lowest BCUT2D eigenvalue weighted by Gasteiger charge is -2.11. The summed E-state index contributed by atoms with van der Waals surface area (Å²) in [6.45, 7) is 4.15. The van der Waals surface area contributed by atoms with Crippen molar-refractivity contribution in [3.63, 3.8) is 0 Å². The number of benzene rings is 1. The Morgan fingerprint density at radius 1 is 1.37 bits per heavy atom. The molecule has 0 saturated carbocycles. The van der Waals surface area contributed by atoms with Crippen LogP contribution in [-0.2, 0) is 11.2 Å². The lowest BCUT2D eigenvalue weighted by molar-refractivity contribution is -0.136. The van der Waals surface area contributed by atoms with Gasteiger partial charge in [0.2, 0.25) is 0 Å². The Labute approximate surface area is 117 Å². The van der Waals surface area contributed by atoms with E-state index in [0.717, 1.165) is 22.2 Å². The van der Waals surface area contributed by atoms with Crippen molar-refractivity contribution in [2.24, 2.45) is 0 Å². The van der Waals surface area contributed by atoms with E-state index < -0.39 is 5.97 Å². The van der Waals surface area contributed by atoms with Crippen LogP contribution in [-0.4, -0.2) is 16.1 Å². The summed E-state index contributed by atoms with van der Waals surface area (Å²) >= 11 is 6.01. The molecule has 1 N–H and O–H groups in total. The van der Waals surface area contributed by atoms with E-state index in [9.17, 15) is 4.79 Å². The van der Waals surface area contributed by atoms with Crippen molar-refractivity contribution in [2.75, 3.05) is 0 Å². The Morgan fingerprint density at radius 3 is 2.74 bits per heavy atom. The third kappa shape index (κ3) is 3.24. The predicted octanol–water partition coefficient (Wildman–Crippen LogP) is 4.03. The van der Waals surface area contributed by atoms with Crippen molar-refractivity contribution in [3.8, 4) is 0 Å². The monoisotopic (exact) mass is 277 g/mol. The second-order valence-corrected chi connectivity index (χ2v) is 5.35. The van der Waals surface area contributed by atoms with Gasteiger partial charge in [0.05, 0.1) is 5.52 Å². The van der Waals surface area contributed by atoms with Gasteiger partial charge in [-0.3, -0.25) is 9.78 Å². The number of aromatic nitrogens is 1. The van der Waals surface area contributed by atoms with Gasteiger partial charge in [0, 0.05) is 22.5 Å². The van der Waals surface area contributed by atoms with Crippen LogP contribution in [0.15, 0.2) is 24.3 Å². The molecule has 0 amide bonds. The number of carboxylic acid groups (broad SMARTS) is 1. The number of nitrogens with zero attached hydrogens (tertiary/aromatic N) is 1. The van der Waals surface area contributed by atoms with Crippen LogP contribution in [0.5, 0.6) is 0 Å². The minimum atomic E-state index is -0.793. The minimum absolute atomic E-state index is 0.114. The Kier molecular flexibility index (Phi) is 4.05. The normalized spacial score (nSPS) is 11.2. The van der Waals surface area contributed by atoms with Crippen molar-refractivity contribution in [1.82, 2.24) is 4.98 Å². The second kappa shape index (κ2) is 5.57. The maximum atomic E-state index is 10.8. The summed E-state index contributed by atoms with van der Waals surface area (Å²) in [4.78, 5) is 15.4. The predicted molar refractivity (Wildman–Crippen MR) is 76.8 cm³/mol. The van der Waals surface area contributed by atoms with Crippen molar-refractivity contribution in [1.29, 1.82) is 0 Å². The molecular formula is C15H16ClNO2. The van der Waals surface area contributed by atoms with Gasteiger partial charge in [0.25, 0.3) is 0 Å². The molecule has 0 aliphatic rings. The fraction of sp³-hybridized carbons (Fsp3) is 0.333. The van der Waals surface area contributed by atoms with Crippen LogP contribution in [0.25, 0.3) is 10.9 Å². The fourth-order valence-corrected chi connectivity index (χ4v) is 2.21. The van der Waals surface area contributed by atoms with Gasteiger partial charge in [0.15, 0.2) is 0 Å². The van der Waals surface area contributed by atoms with Gasteiger partial charge in [-0.15, -0.1) is 0 Å². The number of rotatable bonds is 4. The average molecular weight is 278 g/mol. The molecule has 2 rings (SSSR count). The summed E-state index contributed by atoms with van der Waals surface area (Å²) in [5.41, 5.74) is 2.85. The highest BCUT2D eigenvalue weighted by Crippen LogP contribution is 2.26. The Morgan fingerprint density at radius 2 is 2.11 bits per heavy atom. The van der Waals surface area contributed by atoms with E-state index in [1.54, 1.807) is 0 Å². The third-order valence-electron chi connectivity index (χ3n) is 3.08. The maximum absolute atomic E-state index is 10.8. The smallest absolute Gasteiger partial charge is 0.303 e. The van der Waals surface area contributed by atoms with E-state index in [1.165, 1.54) is 0 Å². The highest BCUT2D eigenvalue weighted by molar-refractivity contribution is 6.31. The second-order valence-electron chi connectivity index (χ2n) is 4.92. The summed E-state index contributed by atoms with van der Waals surface area (Å²) in [5, 5.41) is 10.4. The summed E-state index contributed by atoms with van der Waals surface area (Å²) in [6, 6.07) is 7.53. The number of hydrogen-bond donors (Lipinski definition) is 1. The first-order valence-electron chi connectivity index (χ1n) is 6.28. The zero-order valence-electron chi connectivity index (χ0n) is 11.0. The Balaban J connectivity index is 2.55. The Hall–Kier alpha value is -1.61. The summed E-state index contributed by atoms with van der Waals surface area (Å²) in [7, 11) is 0. The molecule has 0 spiro atoms. The highest BCUT2D eigenvalue weighted by Gasteiger charge is 2.10. The van der Waals surface area contributed by atoms with E-state index >= 15 is 0 Å². The van der Waals surface area contributed by atoms with Gasteiger partial charge in [-0.25, -0.2) is 0 Å². The zero-order valence-corrected chi connectivity index (χ0v) is 11.7. The molecule has 1 aromatic heterocycles. The quantitative estimate of drug-likeness (QED) is 0.918. The van der Waals surface area contributed by atoms with Gasteiger partial charge < -0.3 is 5.11 Å². The number of pyridine rings is 1. The number of hydrogen-bond acceptors (Lipinski definition) is 2. The van der Waals surface area contributed by atoms with Crippen LogP contribution < -0.4 is 0 Å². The molecule has 0 aliphatic carbocycles. The van der Waals surface area contributed by atoms with Crippen molar-refractivity contribution < 1.29 is 9.90 Å². The summed E-state index contributed by atoms with van der Waals surface area (Å²) < 4.78 is 0. The molecule has 19 heavy (non-hydrogen) atoms. The maximum Gasteiger partial charge on any atom is 0.303 e. The van der Waals surface area contributed by atoms with Crippen LogP contribution >= 0.6 is 11.6 Å². The Bertz CT molecular complexity index is 623. The van der Waals surface area contributed by atoms with Gasteiger partial charge in [-0.2, -0.15) is 0 Å². The molecule has 0 radical (unpaired) electrons. The van der Waals surface area contributed by atoms with Crippen LogP contribution in [0.1, 0.15) is 37.4 Å². The van der Waals surface area contributed by atoms with Crippen LogP contribution in [0.4, 0.5) is 0 Å². The number of aryl methyl sites for hydroxylation is 1. The van der Waals surface area contributed by atoms with Crippen molar-refractivity contribution >= 4 is 28.5 Å². The first-order chi connectivity index (χ1) is 8.97. The fourth-order valence-electron chi connectivity index (χ4n) is 2.03. The van der Waals surface area contributed by atoms with E-state index in [1.807, 2.05) is 24.3 Å². The van der Waals surface area contributed by atoms with Crippen molar-refractivity contribution in [3.05, 3.63) is 40.5 Å².